The first kappa shape index (κ1) is 35.5. The van der Waals surface area contributed by atoms with E-state index in [9.17, 15) is 19.5 Å². The molecule has 3 aromatic rings. The number of unbranched alkanes of at least 4 members (excludes halogenated alkanes) is 1. The molecule has 0 saturated carbocycles. The van der Waals surface area contributed by atoms with Gasteiger partial charge in [-0.3, -0.25) is 14.4 Å². The van der Waals surface area contributed by atoms with Crippen LogP contribution in [0.3, 0.4) is 0 Å². The van der Waals surface area contributed by atoms with Crippen LogP contribution >= 0.6 is 0 Å². The summed E-state index contributed by atoms with van der Waals surface area (Å²) in [5.74, 6) is -0.0390. The Morgan fingerprint density at radius 2 is 1.76 bits per heavy atom. The molecule has 3 heterocycles. The molecule has 0 aliphatic carbocycles. The zero-order chi connectivity index (χ0) is 35.6. The van der Waals surface area contributed by atoms with Crippen molar-refractivity contribution < 1.29 is 33.7 Å². The molecule has 11 heteroatoms. The predicted molar refractivity (Wildman–Crippen MR) is 196 cm³/mol. The Balaban J connectivity index is 1.44. The fourth-order valence-corrected chi connectivity index (χ4v) is 12.3. The van der Waals surface area contributed by atoms with Gasteiger partial charge in [0.25, 0.3) is 5.91 Å². The van der Waals surface area contributed by atoms with Crippen molar-refractivity contribution in [3.8, 4) is 5.75 Å². The number of nitrogens with zero attached hydrogens (tertiary/aromatic N) is 3. The number of fused-ring (bicyclic) bond motifs is 2. The Morgan fingerprint density at radius 1 is 1.02 bits per heavy atom. The van der Waals surface area contributed by atoms with E-state index in [0.29, 0.717) is 49.9 Å². The van der Waals surface area contributed by atoms with Gasteiger partial charge in [0.15, 0.2) is 5.60 Å². The van der Waals surface area contributed by atoms with Crippen molar-refractivity contribution in [1.82, 2.24) is 0 Å². The topological polar surface area (TPSA) is 118 Å². The van der Waals surface area contributed by atoms with Crippen LogP contribution in [0, 0.1) is 5.92 Å². The smallest absolute Gasteiger partial charge is 0.305 e. The fraction of sp³-hybridized carbons (Fsp3) is 0.436. The summed E-state index contributed by atoms with van der Waals surface area (Å²) in [6.45, 7) is 7.03. The second-order valence-electron chi connectivity index (χ2n) is 14.0. The molecule has 0 bridgehead atoms. The fourth-order valence-electron chi connectivity index (χ4n) is 8.29. The molecule has 50 heavy (non-hydrogen) atoms. The van der Waals surface area contributed by atoms with Gasteiger partial charge in [-0.2, -0.15) is 5.10 Å². The Hall–Kier alpha value is -4.32. The summed E-state index contributed by atoms with van der Waals surface area (Å²) >= 11 is 0. The Kier molecular flexibility index (Phi) is 10.3. The van der Waals surface area contributed by atoms with E-state index in [1.54, 1.807) is 12.0 Å². The maximum absolute atomic E-state index is 15.0. The Morgan fingerprint density at radius 3 is 2.44 bits per heavy atom. The molecule has 3 aliphatic heterocycles. The quantitative estimate of drug-likeness (QED) is 0.151. The van der Waals surface area contributed by atoms with Crippen LogP contribution in [0.25, 0.3) is 0 Å². The lowest BCUT2D eigenvalue weighted by Crippen LogP contribution is -2.52. The zero-order valence-corrected chi connectivity index (χ0v) is 30.6. The summed E-state index contributed by atoms with van der Waals surface area (Å²) in [4.78, 5) is 42.0. The van der Waals surface area contributed by atoms with Gasteiger partial charge in [0.1, 0.15) is 5.75 Å². The van der Waals surface area contributed by atoms with Crippen LogP contribution in [-0.4, -0.2) is 70.2 Å². The maximum atomic E-state index is 15.0. The molecule has 1 saturated heterocycles. The summed E-state index contributed by atoms with van der Waals surface area (Å²) < 4.78 is 17.3. The van der Waals surface area contributed by atoms with E-state index in [0.717, 1.165) is 22.7 Å². The number of aliphatic hydroxyl groups excluding tert-OH is 1. The number of aliphatic hydroxyl groups is 1. The number of esters is 1. The van der Waals surface area contributed by atoms with Crippen LogP contribution in [0.1, 0.15) is 56.6 Å². The van der Waals surface area contributed by atoms with Crippen molar-refractivity contribution in [2.24, 2.45) is 11.0 Å². The SMILES string of the molecule is COC(=O)CCCCN1C(=O)[C@]2(O[C@H](CCO)[C@@H]([Si](C)(C)c3ccc(OC)cc3)[C@@H]2C)c2cc(N3N=C(c4ccccc4)CCC3=O)ccc21. The number of hydrogen-bond donors (Lipinski definition) is 1. The highest BCUT2D eigenvalue weighted by Gasteiger charge is 2.66. The van der Waals surface area contributed by atoms with Gasteiger partial charge in [-0.15, -0.1) is 0 Å². The van der Waals surface area contributed by atoms with Crippen LogP contribution < -0.4 is 19.8 Å². The normalized spacial score (nSPS) is 23.3. The van der Waals surface area contributed by atoms with Crippen molar-refractivity contribution >= 4 is 48.1 Å². The highest BCUT2D eigenvalue weighted by atomic mass is 28.3. The van der Waals surface area contributed by atoms with E-state index in [-0.39, 0.29) is 48.4 Å². The van der Waals surface area contributed by atoms with Crippen LogP contribution in [0.4, 0.5) is 11.4 Å². The predicted octanol–water partition coefficient (Wildman–Crippen LogP) is 5.51. The second-order valence-corrected chi connectivity index (χ2v) is 18.7. The Labute approximate surface area is 295 Å². The van der Waals surface area contributed by atoms with Crippen molar-refractivity contribution in [3.63, 3.8) is 0 Å². The lowest BCUT2D eigenvalue weighted by molar-refractivity contribution is -0.146. The minimum Gasteiger partial charge on any atom is -0.497 e. The highest BCUT2D eigenvalue weighted by molar-refractivity contribution is 6.91. The van der Waals surface area contributed by atoms with Gasteiger partial charge in [0.2, 0.25) is 5.91 Å². The number of benzene rings is 3. The van der Waals surface area contributed by atoms with Crippen molar-refractivity contribution in [2.75, 3.05) is 37.3 Å². The third-order valence-corrected chi connectivity index (χ3v) is 15.2. The van der Waals surface area contributed by atoms with Gasteiger partial charge in [0.05, 0.1) is 45.5 Å². The first-order valence-corrected chi connectivity index (χ1v) is 20.6. The van der Waals surface area contributed by atoms with Crippen molar-refractivity contribution in [3.05, 3.63) is 83.9 Å². The lowest BCUT2D eigenvalue weighted by atomic mass is 9.82. The van der Waals surface area contributed by atoms with E-state index in [1.807, 2.05) is 60.7 Å². The van der Waals surface area contributed by atoms with Gasteiger partial charge < -0.3 is 24.2 Å². The molecule has 6 rings (SSSR count). The first-order valence-electron chi connectivity index (χ1n) is 17.5. The van der Waals surface area contributed by atoms with E-state index in [1.165, 1.54) is 17.3 Å². The largest absolute Gasteiger partial charge is 0.497 e. The number of rotatable bonds is 12. The highest BCUT2D eigenvalue weighted by Crippen LogP contribution is 2.60. The number of anilines is 2. The van der Waals surface area contributed by atoms with E-state index >= 15 is 0 Å². The summed E-state index contributed by atoms with van der Waals surface area (Å²) in [5.41, 5.74) is 2.44. The Bertz CT molecular complexity index is 1760. The molecule has 2 amide bonds. The van der Waals surface area contributed by atoms with Crippen molar-refractivity contribution in [1.29, 1.82) is 0 Å². The molecule has 1 fully saturated rings. The van der Waals surface area contributed by atoms with E-state index in [2.05, 4.69) is 32.2 Å². The molecule has 3 aromatic carbocycles. The van der Waals surface area contributed by atoms with Gasteiger partial charge in [0, 0.05) is 43.9 Å². The van der Waals surface area contributed by atoms with Crippen LogP contribution in [0.2, 0.25) is 18.6 Å². The number of hydrogen-bond acceptors (Lipinski definition) is 8. The minimum atomic E-state index is -2.36. The third kappa shape index (κ3) is 6.27. The molecule has 3 aliphatic rings. The van der Waals surface area contributed by atoms with E-state index < -0.39 is 13.7 Å². The van der Waals surface area contributed by atoms with Gasteiger partial charge >= 0.3 is 5.97 Å². The summed E-state index contributed by atoms with van der Waals surface area (Å²) in [6.07, 6.45) is 2.30. The number of methoxy groups -OCH3 is 2. The number of amides is 2. The van der Waals surface area contributed by atoms with Gasteiger partial charge in [-0.05, 0) is 60.7 Å². The molecule has 264 valence electrons. The average molecular weight is 698 g/mol. The molecule has 1 N–H and O–H groups in total. The van der Waals surface area contributed by atoms with Crippen LogP contribution in [0.15, 0.2) is 77.9 Å². The molecule has 4 atom stereocenters. The number of ether oxygens (including phenoxy) is 3. The number of hydrazone groups is 1. The molecule has 0 unspecified atom stereocenters. The molecule has 0 radical (unpaired) electrons. The molecule has 10 nitrogen and oxygen atoms in total. The van der Waals surface area contributed by atoms with Gasteiger partial charge in [-0.25, -0.2) is 5.01 Å². The molecule has 1 spiro atoms. The second kappa shape index (κ2) is 14.5. The summed E-state index contributed by atoms with van der Waals surface area (Å²) in [7, 11) is 0.658. The molecular weight excluding hydrogens is 651 g/mol. The summed E-state index contributed by atoms with van der Waals surface area (Å²) in [6, 6.07) is 23.7. The third-order valence-electron chi connectivity index (χ3n) is 10.9. The first-order chi connectivity index (χ1) is 24.1. The average Bonchev–Trinajstić information content (AvgIpc) is 3.56. The van der Waals surface area contributed by atoms with Crippen LogP contribution in [0.5, 0.6) is 5.75 Å². The summed E-state index contributed by atoms with van der Waals surface area (Å²) in [5, 5.41) is 17.8. The lowest BCUT2D eigenvalue weighted by Gasteiger charge is -2.37. The monoisotopic (exact) mass is 697 g/mol. The zero-order valence-electron chi connectivity index (χ0n) is 29.6. The van der Waals surface area contributed by atoms with Crippen LogP contribution in [-0.2, 0) is 29.5 Å². The van der Waals surface area contributed by atoms with E-state index in [4.69, 9.17) is 19.3 Å². The molecular formula is C39H47N3O7Si. The maximum Gasteiger partial charge on any atom is 0.305 e. The number of carbonyl (C=O) groups excluding carboxylic acids is 3. The number of carbonyl (C=O) groups is 3. The van der Waals surface area contributed by atoms with Gasteiger partial charge in [-0.1, -0.05) is 67.7 Å². The standard InChI is InChI=1S/C39H47N3O7Si/c1-26-37(50(4,5)30-17-15-29(47-2)16-18-30)34(22-24-43)49-39(26)31-25-28(42-35(44)21-19-32(40-42)27-11-7-6-8-12-27)14-20-33(31)41(38(39)46)23-10-9-13-36(45)48-3/h6-8,11-12,14-18,20,25-26,34,37,43H,9-10,13,19,21-24H2,1-5H3/t26-,34+,37-,39+/m0/s1. The van der Waals surface area contributed by atoms with Crippen molar-refractivity contribution in [2.45, 2.75) is 75.8 Å². The minimum absolute atomic E-state index is 0.0258. The molecule has 0 aromatic heterocycles.